The van der Waals surface area contributed by atoms with Gasteiger partial charge in [-0.15, -0.1) is 0 Å². The van der Waals surface area contributed by atoms with Crippen molar-refractivity contribution in [2.45, 2.75) is 33.2 Å². The largest absolute Gasteiger partial charge is 0.361 e. The molecule has 0 spiro atoms. The molecule has 1 aromatic heterocycles. The Labute approximate surface area is 150 Å². The van der Waals surface area contributed by atoms with Crippen molar-refractivity contribution < 1.29 is 18.9 Å². The van der Waals surface area contributed by atoms with Gasteiger partial charge in [0.05, 0.1) is 11.4 Å². The molecule has 26 heavy (non-hydrogen) atoms. The average molecular weight is 356 g/mol. The van der Waals surface area contributed by atoms with Crippen LogP contribution < -0.4 is 15.5 Å². The molecule has 2 N–H and O–H groups in total. The van der Waals surface area contributed by atoms with E-state index < -0.39 is 18.0 Å². The number of para-hydroxylation sites is 2. The van der Waals surface area contributed by atoms with Crippen LogP contribution in [0.1, 0.15) is 37.0 Å². The molecule has 2 aromatic rings. The van der Waals surface area contributed by atoms with E-state index in [0.717, 1.165) is 4.90 Å². The number of amides is 4. The fourth-order valence-corrected chi connectivity index (χ4v) is 2.71. The molecule has 136 valence electrons. The summed E-state index contributed by atoms with van der Waals surface area (Å²) in [6.07, 6.45) is 0.678. The Morgan fingerprint density at radius 3 is 2.73 bits per heavy atom. The number of rotatable bonds is 5. The van der Waals surface area contributed by atoms with E-state index in [1.807, 2.05) is 13.8 Å². The van der Waals surface area contributed by atoms with Crippen LogP contribution in [-0.2, 0) is 11.2 Å². The van der Waals surface area contributed by atoms with Crippen molar-refractivity contribution in [1.29, 1.82) is 0 Å². The lowest BCUT2D eigenvalue weighted by molar-refractivity contribution is -0.117. The summed E-state index contributed by atoms with van der Waals surface area (Å²) in [4.78, 5) is 37.8. The molecule has 1 atom stereocenters. The molecule has 0 saturated carbocycles. The van der Waals surface area contributed by atoms with Crippen LogP contribution in [0.4, 0.5) is 16.2 Å². The number of carbonyl (C=O) groups excluding carboxylic acids is 3. The summed E-state index contributed by atoms with van der Waals surface area (Å²) in [7, 11) is 0. The summed E-state index contributed by atoms with van der Waals surface area (Å²) in [5.41, 5.74) is 0.781. The Balaban J connectivity index is 1.82. The molecule has 8 nitrogen and oxygen atoms in total. The van der Waals surface area contributed by atoms with Gasteiger partial charge in [-0.1, -0.05) is 31.1 Å². The van der Waals surface area contributed by atoms with Crippen LogP contribution >= 0.6 is 0 Å². The number of carbonyl (C=O) groups is 3. The van der Waals surface area contributed by atoms with Crippen LogP contribution in [0.2, 0.25) is 0 Å². The third kappa shape index (κ3) is 3.44. The first kappa shape index (κ1) is 17.7. The van der Waals surface area contributed by atoms with E-state index in [1.165, 1.54) is 0 Å². The Kier molecular flexibility index (Phi) is 4.75. The van der Waals surface area contributed by atoms with Crippen molar-refractivity contribution in [3.8, 4) is 0 Å². The van der Waals surface area contributed by atoms with Gasteiger partial charge in [0, 0.05) is 12.5 Å². The third-order valence-corrected chi connectivity index (χ3v) is 3.93. The summed E-state index contributed by atoms with van der Waals surface area (Å²) < 4.78 is 5.17. The first-order chi connectivity index (χ1) is 12.4. The lowest BCUT2D eigenvalue weighted by Gasteiger charge is -2.17. The van der Waals surface area contributed by atoms with Gasteiger partial charge in [-0.25, -0.2) is 9.69 Å². The van der Waals surface area contributed by atoms with E-state index in [4.69, 9.17) is 4.52 Å². The van der Waals surface area contributed by atoms with Crippen molar-refractivity contribution in [2.75, 3.05) is 10.2 Å². The van der Waals surface area contributed by atoms with Crippen LogP contribution in [0.15, 0.2) is 34.9 Å². The molecule has 1 aromatic carbocycles. The van der Waals surface area contributed by atoms with Gasteiger partial charge in [-0.3, -0.25) is 9.59 Å². The van der Waals surface area contributed by atoms with Gasteiger partial charge in [0.25, 0.3) is 11.8 Å². The summed E-state index contributed by atoms with van der Waals surface area (Å²) in [6.45, 7) is 5.68. The SMILES string of the molecule is CC(C)Cc1cc(C(=O)Nc2ccccc2N2C(=O)NC(C)C2=O)no1. The van der Waals surface area contributed by atoms with E-state index in [2.05, 4.69) is 15.8 Å². The maximum atomic E-state index is 12.5. The minimum Gasteiger partial charge on any atom is -0.361 e. The van der Waals surface area contributed by atoms with E-state index in [1.54, 1.807) is 37.3 Å². The molecule has 1 unspecified atom stereocenters. The molecule has 8 heteroatoms. The number of urea groups is 1. The van der Waals surface area contributed by atoms with E-state index in [9.17, 15) is 14.4 Å². The first-order valence-electron chi connectivity index (χ1n) is 8.37. The molecule has 1 aliphatic heterocycles. The quantitative estimate of drug-likeness (QED) is 0.801. The standard InChI is InChI=1S/C18H20N4O4/c1-10(2)8-12-9-14(21-26-12)16(23)20-13-6-4-5-7-15(13)22-17(24)11(3)19-18(22)25/h4-7,9-11H,8H2,1-3H3,(H,19,25)(H,20,23). The van der Waals surface area contributed by atoms with E-state index >= 15 is 0 Å². The molecule has 0 aliphatic carbocycles. The zero-order valence-corrected chi connectivity index (χ0v) is 14.8. The van der Waals surface area contributed by atoms with E-state index in [-0.39, 0.29) is 11.6 Å². The fraction of sp³-hybridized carbons (Fsp3) is 0.333. The predicted octanol–water partition coefficient (Wildman–Crippen LogP) is 2.57. The van der Waals surface area contributed by atoms with Crippen molar-refractivity contribution in [1.82, 2.24) is 10.5 Å². The zero-order chi connectivity index (χ0) is 18.8. The van der Waals surface area contributed by atoms with Crippen LogP contribution in [0, 0.1) is 5.92 Å². The number of imide groups is 1. The minimum absolute atomic E-state index is 0.140. The van der Waals surface area contributed by atoms with Gasteiger partial charge in [0.15, 0.2) is 5.69 Å². The van der Waals surface area contributed by atoms with Crippen molar-refractivity contribution in [3.63, 3.8) is 0 Å². The van der Waals surface area contributed by atoms with Crippen LogP contribution in [-0.4, -0.2) is 29.0 Å². The first-order valence-corrected chi connectivity index (χ1v) is 8.37. The maximum absolute atomic E-state index is 12.5. The molecule has 3 rings (SSSR count). The molecular weight excluding hydrogens is 336 g/mol. The fourth-order valence-electron chi connectivity index (χ4n) is 2.71. The number of aromatic nitrogens is 1. The van der Waals surface area contributed by atoms with E-state index in [0.29, 0.717) is 29.5 Å². The highest BCUT2D eigenvalue weighted by atomic mass is 16.5. The number of nitrogens with one attached hydrogen (secondary N) is 2. The highest BCUT2D eigenvalue weighted by Gasteiger charge is 2.37. The minimum atomic E-state index is -0.611. The number of benzene rings is 1. The number of hydrogen-bond acceptors (Lipinski definition) is 5. The second kappa shape index (κ2) is 6.99. The lowest BCUT2D eigenvalue weighted by Crippen LogP contribution is -2.32. The highest BCUT2D eigenvalue weighted by molar-refractivity contribution is 6.23. The van der Waals surface area contributed by atoms with Gasteiger partial charge in [0.1, 0.15) is 11.8 Å². The third-order valence-electron chi connectivity index (χ3n) is 3.93. The smallest absolute Gasteiger partial charge is 0.329 e. The summed E-state index contributed by atoms with van der Waals surface area (Å²) >= 11 is 0. The second-order valence-corrected chi connectivity index (χ2v) is 6.59. The Bertz CT molecular complexity index is 858. The van der Waals surface area contributed by atoms with Crippen molar-refractivity contribution in [2.24, 2.45) is 5.92 Å². The van der Waals surface area contributed by atoms with Crippen LogP contribution in [0.25, 0.3) is 0 Å². The summed E-state index contributed by atoms with van der Waals surface area (Å²) in [6, 6.07) is 7.06. The topological polar surface area (TPSA) is 105 Å². The van der Waals surface area contributed by atoms with Gasteiger partial charge < -0.3 is 15.2 Å². The number of hydrogen-bond donors (Lipinski definition) is 2. The summed E-state index contributed by atoms with van der Waals surface area (Å²) in [5.74, 6) is 0.149. The molecule has 2 heterocycles. The van der Waals surface area contributed by atoms with Crippen molar-refractivity contribution in [3.05, 3.63) is 41.8 Å². The molecule has 1 saturated heterocycles. The Hall–Kier alpha value is -3.16. The monoisotopic (exact) mass is 356 g/mol. The average Bonchev–Trinajstić information content (AvgIpc) is 3.13. The predicted molar refractivity (Wildman–Crippen MR) is 94.9 cm³/mol. The molecule has 0 radical (unpaired) electrons. The van der Waals surface area contributed by atoms with Gasteiger partial charge in [0.2, 0.25) is 0 Å². The van der Waals surface area contributed by atoms with Gasteiger partial charge >= 0.3 is 6.03 Å². The Morgan fingerprint density at radius 1 is 1.35 bits per heavy atom. The Morgan fingerprint density at radius 2 is 2.08 bits per heavy atom. The highest BCUT2D eigenvalue weighted by Crippen LogP contribution is 2.29. The maximum Gasteiger partial charge on any atom is 0.329 e. The molecule has 4 amide bonds. The van der Waals surface area contributed by atoms with Crippen LogP contribution in [0.3, 0.4) is 0 Å². The lowest BCUT2D eigenvalue weighted by atomic mass is 10.1. The van der Waals surface area contributed by atoms with Crippen LogP contribution in [0.5, 0.6) is 0 Å². The van der Waals surface area contributed by atoms with Crippen molar-refractivity contribution >= 4 is 29.2 Å². The van der Waals surface area contributed by atoms with Gasteiger partial charge in [-0.2, -0.15) is 0 Å². The normalized spacial score (nSPS) is 16.9. The second-order valence-electron chi connectivity index (χ2n) is 6.59. The van der Waals surface area contributed by atoms with Gasteiger partial charge in [-0.05, 0) is 25.0 Å². The summed E-state index contributed by atoms with van der Waals surface area (Å²) in [5, 5.41) is 9.02. The number of nitrogens with zero attached hydrogens (tertiary/aromatic N) is 2. The molecule has 1 fully saturated rings. The zero-order valence-electron chi connectivity index (χ0n) is 14.8. The molecule has 1 aliphatic rings. The number of anilines is 2. The molecule has 0 bridgehead atoms. The molecular formula is C18H20N4O4.